The number of nitrogens with one attached hydrogen (secondary N) is 1. The highest BCUT2D eigenvalue weighted by atomic mass is 35.5. The number of carbonyl (C=O) groups excluding carboxylic acids is 2. The topological polar surface area (TPSA) is 64.6 Å². The summed E-state index contributed by atoms with van der Waals surface area (Å²) in [6, 6.07) is 6.03. The second-order valence-corrected chi connectivity index (χ2v) is 4.93. The number of esters is 1. The molecule has 5 nitrogen and oxygen atoms in total. The summed E-state index contributed by atoms with van der Waals surface area (Å²) in [6.07, 6.45) is -0.550. The Balaban J connectivity index is 2.75. The molecule has 110 valence electrons. The predicted molar refractivity (Wildman–Crippen MR) is 76.0 cm³/mol. The average molecular weight is 320 g/mol. The molecule has 1 amide bonds. The molecule has 0 saturated carbocycles. The van der Waals surface area contributed by atoms with Crippen LogP contribution < -0.4 is 5.32 Å². The predicted octanol–water partition coefficient (Wildman–Crippen LogP) is 2.91. The van der Waals surface area contributed by atoms with Crippen molar-refractivity contribution in [1.29, 1.82) is 0 Å². The molecule has 0 aromatic heterocycles. The second kappa shape index (κ2) is 7.97. The molecule has 1 aromatic carbocycles. The summed E-state index contributed by atoms with van der Waals surface area (Å²) >= 11 is 12.0. The number of amides is 1. The van der Waals surface area contributed by atoms with Gasteiger partial charge in [0.1, 0.15) is 6.04 Å². The van der Waals surface area contributed by atoms with Gasteiger partial charge in [-0.05, 0) is 24.1 Å². The van der Waals surface area contributed by atoms with Crippen molar-refractivity contribution in [2.24, 2.45) is 0 Å². The van der Waals surface area contributed by atoms with Crippen LogP contribution in [-0.4, -0.2) is 32.3 Å². The molecule has 0 saturated heterocycles. The molecule has 20 heavy (non-hydrogen) atoms. The molecule has 0 bridgehead atoms. The Labute approximate surface area is 127 Å². The van der Waals surface area contributed by atoms with Crippen LogP contribution in [-0.2, 0) is 14.3 Å². The van der Waals surface area contributed by atoms with E-state index in [4.69, 9.17) is 23.2 Å². The smallest absolute Gasteiger partial charge is 0.407 e. The minimum absolute atomic E-state index is 0.172. The Bertz CT molecular complexity index is 464. The zero-order chi connectivity index (χ0) is 15.1. The summed E-state index contributed by atoms with van der Waals surface area (Å²) in [7, 11) is 2.45. The van der Waals surface area contributed by atoms with Gasteiger partial charge in [-0.15, -0.1) is 11.6 Å². The van der Waals surface area contributed by atoms with Crippen molar-refractivity contribution in [2.45, 2.75) is 17.8 Å². The van der Waals surface area contributed by atoms with Crippen molar-refractivity contribution in [3.8, 4) is 0 Å². The van der Waals surface area contributed by atoms with Gasteiger partial charge in [0.25, 0.3) is 0 Å². The molecule has 0 aliphatic heterocycles. The Morgan fingerprint density at radius 3 is 2.30 bits per heavy atom. The molecule has 1 unspecified atom stereocenters. The number of halogens is 2. The highest BCUT2D eigenvalue weighted by Crippen LogP contribution is 2.27. The van der Waals surface area contributed by atoms with E-state index in [1.54, 1.807) is 24.3 Å². The van der Waals surface area contributed by atoms with Gasteiger partial charge in [0.15, 0.2) is 0 Å². The summed E-state index contributed by atoms with van der Waals surface area (Å²) in [4.78, 5) is 22.8. The first-order valence-corrected chi connectivity index (χ1v) is 6.61. The Morgan fingerprint density at radius 1 is 1.20 bits per heavy atom. The quantitative estimate of drug-likeness (QED) is 0.669. The first kappa shape index (κ1) is 16.6. The number of alkyl halides is 1. The summed E-state index contributed by atoms with van der Waals surface area (Å²) in [5.41, 5.74) is 0.789. The van der Waals surface area contributed by atoms with Gasteiger partial charge in [0, 0.05) is 5.02 Å². The van der Waals surface area contributed by atoms with Crippen molar-refractivity contribution >= 4 is 35.3 Å². The van der Waals surface area contributed by atoms with Crippen molar-refractivity contribution < 1.29 is 19.1 Å². The SMILES string of the molecule is COC(=O)N[C@@H](CC(Cl)c1ccc(Cl)cc1)C(=O)OC. The first-order chi connectivity index (χ1) is 9.47. The van der Waals surface area contributed by atoms with Gasteiger partial charge < -0.3 is 14.8 Å². The van der Waals surface area contributed by atoms with E-state index < -0.39 is 23.5 Å². The fourth-order valence-electron chi connectivity index (χ4n) is 1.57. The van der Waals surface area contributed by atoms with E-state index in [-0.39, 0.29) is 6.42 Å². The lowest BCUT2D eigenvalue weighted by Crippen LogP contribution is -2.42. The summed E-state index contributed by atoms with van der Waals surface area (Å²) in [5, 5.41) is 2.50. The summed E-state index contributed by atoms with van der Waals surface area (Å²) in [6.45, 7) is 0. The first-order valence-electron chi connectivity index (χ1n) is 5.79. The number of alkyl carbamates (subject to hydrolysis) is 1. The maximum Gasteiger partial charge on any atom is 0.407 e. The molecule has 1 rings (SSSR count). The van der Waals surface area contributed by atoms with E-state index in [2.05, 4.69) is 14.8 Å². The van der Waals surface area contributed by atoms with Crippen molar-refractivity contribution in [3.05, 3.63) is 34.9 Å². The molecule has 0 spiro atoms. The van der Waals surface area contributed by atoms with Gasteiger partial charge in [-0.3, -0.25) is 0 Å². The van der Waals surface area contributed by atoms with Crippen LogP contribution in [0.3, 0.4) is 0 Å². The zero-order valence-electron chi connectivity index (χ0n) is 11.1. The van der Waals surface area contributed by atoms with Crippen LogP contribution in [0.25, 0.3) is 0 Å². The third-order valence-electron chi connectivity index (χ3n) is 2.64. The number of benzene rings is 1. The van der Waals surface area contributed by atoms with E-state index in [0.29, 0.717) is 5.02 Å². The van der Waals surface area contributed by atoms with Gasteiger partial charge in [-0.1, -0.05) is 23.7 Å². The maximum absolute atomic E-state index is 11.6. The molecular weight excluding hydrogens is 305 g/mol. The van der Waals surface area contributed by atoms with Crippen molar-refractivity contribution in [2.75, 3.05) is 14.2 Å². The number of rotatable bonds is 5. The van der Waals surface area contributed by atoms with E-state index in [1.165, 1.54) is 14.2 Å². The lowest BCUT2D eigenvalue weighted by Gasteiger charge is -2.18. The zero-order valence-corrected chi connectivity index (χ0v) is 12.6. The molecule has 1 N–H and O–H groups in total. The molecule has 7 heteroatoms. The van der Waals surface area contributed by atoms with Crippen LogP contribution in [0.4, 0.5) is 4.79 Å². The normalized spacial score (nSPS) is 13.2. The van der Waals surface area contributed by atoms with Crippen LogP contribution >= 0.6 is 23.2 Å². The van der Waals surface area contributed by atoms with Crippen LogP contribution in [0.15, 0.2) is 24.3 Å². The van der Waals surface area contributed by atoms with Crippen LogP contribution in [0.2, 0.25) is 5.02 Å². The second-order valence-electron chi connectivity index (χ2n) is 3.97. The highest BCUT2D eigenvalue weighted by Gasteiger charge is 2.25. The monoisotopic (exact) mass is 319 g/mol. The lowest BCUT2D eigenvalue weighted by atomic mass is 10.0. The molecule has 2 atom stereocenters. The minimum atomic E-state index is -0.884. The molecule has 0 heterocycles. The standard InChI is InChI=1S/C13H15Cl2NO4/c1-19-12(17)11(16-13(18)20-2)7-10(15)8-3-5-9(14)6-4-8/h3-6,10-11H,7H2,1-2H3,(H,16,18)/t10?,11-/m0/s1. The lowest BCUT2D eigenvalue weighted by molar-refractivity contribution is -0.143. The molecule has 1 aromatic rings. The Morgan fingerprint density at radius 2 is 1.80 bits per heavy atom. The van der Waals surface area contributed by atoms with Gasteiger partial charge in [-0.2, -0.15) is 0 Å². The molecule has 0 aliphatic rings. The fourth-order valence-corrected chi connectivity index (χ4v) is 2.02. The number of ether oxygens (including phenoxy) is 2. The van der Waals surface area contributed by atoms with Crippen LogP contribution in [0, 0.1) is 0 Å². The van der Waals surface area contributed by atoms with Gasteiger partial charge in [0.2, 0.25) is 0 Å². The van der Waals surface area contributed by atoms with Crippen molar-refractivity contribution in [1.82, 2.24) is 5.32 Å². The van der Waals surface area contributed by atoms with E-state index in [1.807, 2.05) is 0 Å². The highest BCUT2D eigenvalue weighted by molar-refractivity contribution is 6.30. The fraction of sp³-hybridized carbons (Fsp3) is 0.385. The Kier molecular flexibility index (Phi) is 6.61. The number of methoxy groups -OCH3 is 2. The van der Waals surface area contributed by atoms with Gasteiger partial charge >= 0.3 is 12.1 Å². The van der Waals surface area contributed by atoms with Gasteiger partial charge in [0.05, 0.1) is 19.6 Å². The molecule has 0 radical (unpaired) electrons. The summed E-state index contributed by atoms with van der Waals surface area (Å²) in [5.74, 6) is -0.588. The van der Waals surface area contributed by atoms with E-state index >= 15 is 0 Å². The van der Waals surface area contributed by atoms with Crippen molar-refractivity contribution in [3.63, 3.8) is 0 Å². The largest absolute Gasteiger partial charge is 0.467 e. The molecule has 0 aliphatic carbocycles. The third-order valence-corrected chi connectivity index (χ3v) is 3.32. The Hall–Kier alpha value is -1.46. The molecular formula is C13H15Cl2NO4. The van der Waals surface area contributed by atoms with E-state index in [0.717, 1.165) is 5.56 Å². The molecule has 0 fully saturated rings. The number of hydrogen-bond donors (Lipinski definition) is 1. The average Bonchev–Trinajstić information content (AvgIpc) is 2.46. The van der Waals surface area contributed by atoms with E-state index in [9.17, 15) is 9.59 Å². The van der Waals surface area contributed by atoms with Crippen LogP contribution in [0.1, 0.15) is 17.4 Å². The van der Waals surface area contributed by atoms with Gasteiger partial charge in [-0.25, -0.2) is 9.59 Å². The summed E-state index contributed by atoms with van der Waals surface area (Å²) < 4.78 is 9.08. The minimum Gasteiger partial charge on any atom is -0.467 e. The third kappa shape index (κ3) is 4.90. The number of hydrogen-bond acceptors (Lipinski definition) is 4. The number of carbonyl (C=O) groups is 2. The maximum atomic E-state index is 11.6. The van der Waals surface area contributed by atoms with Crippen LogP contribution in [0.5, 0.6) is 0 Å².